The number of pyridine rings is 1. The molecule has 0 fully saturated rings. The Morgan fingerprint density at radius 3 is 2.86 bits per heavy atom. The average molecular weight is 250 g/mol. The van der Waals surface area contributed by atoms with Gasteiger partial charge in [-0.25, -0.2) is 0 Å². The molecule has 0 bridgehead atoms. The monoisotopic (exact) mass is 249 g/mol. The van der Waals surface area contributed by atoms with Gasteiger partial charge in [0.05, 0.1) is 10.3 Å². The predicted molar refractivity (Wildman–Crippen MR) is 59.5 cm³/mol. The molecule has 0 radical (unpaired) electrons. The quantitative estimate of drug-likeness (QED) is 0.606. The number of alkyl halides is 1. The first-order valence-electron chi connectivity index (χ1n) is 4.26. The van der Waals surface area contributed by atoms with E-state index in [9.17, 15) is 4.79 Å². The molecule has 2 aromatic rings. The zero-order valence-corrected chi connectivity index (χ0v) is 8.94. The van der Waals surface area contributed by atoms with E-state index in [0.717, 1.165) is 22.8 Å². The fourth-order valence-corrected chi connectivity index (χ4v) is 1.79. The highest BCUT2D eigenvalue weighted by Crippen LogP contribution is 2.26. The number of nitrogens with zero attached hydrogens (tertiary/aromatic N) is 1. The normalized spacial score (nSPS) is 12.6. The maximum absolute atomic E-state index is 10.7. The van der Waals surface area contributed by atoms with Gasteiger partial charge in [0.2, 0.25) is 0 Å². The van der Waals surface area contributed by atoms with Crippen molar-refractivity contribution in [2.24, 2.45) is 0 Å². The molecular formula is C11H8BrNO. The molecule has 2 nitrogen and oxygen atoms in total. The summed E-state index contributed by atoms with van der Waals surface area (Å²) in [5, 5.41) is 1.05. The second-order valence-electron chi connectivity index (χ2n) is 2.96. The van der Waals surface area contributed by atoms with Gasteiger partial charge < -0.3 is 4.79 Å². The highest BCUT2D eigenvalue weighted by Gasteiger charge is 2.09. The van der Waals surface area contributed by atoms with Crippen molar-refractivity contribution in [2.75, 3.05) is 0 Å². The maximum Gasteiger partial charge on any atom is 0.138 e. The fraction of sp³-hybridized carbons (Fsp3) is 0.0909. The number of carbonyl (C=O) groups excluding carboxylic acids is 1. The van der Waals surface area contributed by atoms with E-state index >= 15 is 0 Å². The summed E-state index contributed by atoms with van der Waals surface area (Å²) in [6.07, 6.45) is 2.60. The summed E-state index contributed by atoms with van der Waals surface area (Å²) in [7, 11) is 0. The molecule has 2 rings (SSSR count). The van der Waals surface area contributed by atoms with E-state index in [1.54, 1.807) is 6.20 Å². The van der Waals surface area contributed by atoms with Crippen molar-refractivity contribution in [3.63, 3.8) is 0 Å². The molecule has 0 saturated carbocycles. The lowest BCUT2D eigenvalue weighted by Crippen LogP contribution is -1.93. The number of rotatable bonds is 2. The van der Waals surface area contributed by atoms with Crippen LogP contribution in [0.5, 0.6) is 0 Å². The number of halogens is 1. The van der Waals surface area contributed by atoms with E-state index < -0.39 is 0 Å². The standard InChI is InChI=1S/C11H8BrNO/c12-10(7-14)9-5-1-3-8-4-2-6-13-11(8)9/h1-7,10H. The number of benzene rings is 1. The highest BCUT2D eigenvalue weighted by molar-refractivity contribution is 9.09. The molecule has 1 heterocycles. The molecule has 3 heteroatoms. The van der Waals surface area contributed by atoms with Gasteiger partial charge in [0, 0.05) is 11.6 Å². The van der Waals surface area contributed by atoms with Crippen LogP contribution in [0.1, 0.15) is 10.4 Å². The SMILES string of the molecule is O=CC(Br)c1cccc2cccnc12. The van der Waals surface area contributed by atoms with Crippen LogP contribution >= 0.6 is 15.9 Å². The Morgan fingerprint density at radius 1 is 1.29 bits per heavy atom. The number of carbonyl (C=O) groups is 1. The minimum atomic E-state index is -0.277. The molecule has 0 aliphatic rings. The largest absolute Gasteiger partial charge is 0.302 e. The minimum Gasteiger partial charge on any atom is -0.302 e. The highest BCUT2D eigenvalue weighted by atomic mass is 79.9. The number of para-hydroxylation sites is 1. The van der Waals surface area contributed by atoms with Crippen molar-refractivity contribution < 1.29 is 4.79 Å². The lowest BCUT2D eigenvalue weighted by molar-refractivity contribution is -0.107. The molecule has 14 heavy (non-hydrogen) atoms. The van der Waals surface area contributed by atoms with Crippen molar-refractivity contribution >= 4 is 33.1 Å². The smallest absolute Gasteiger partial charge is 0.138 e. The molecule has 1 aromatic carbocycles. The van der Waals surface area contributed by atoms with Crippen LogP contribution in [0.3, 0.4) is 0 Å². The van der Waals surface area contributed by atoms with Gasteiger partial charge in [0.15, 0.2) is 0 Å². The van der Waals surface area contributed by atoms with E-state index in [2.05, 4.69) is 20.9 Å². The lowest BCUT2D eigenvalue weighted by atomic mass is 10.1. The first kappa shape index (κ1) is 9.34. The zero-order valence-electron chi connectivity index (χ0n) is 7.35. The van der Waals surface area contributed by atoms with Gasteiger partial charge in [-0.1, -0.05) is 40.2 Å². The van der Waals surface area contributed by atoms with Gasteiger partial charge in [0.1, 0.15) is 6.29 Å². The molecule has 1 unspecified atom stereocenters. The topological polar surface area (TPSA) is 30.0 Å². The van der Waals surface area contributed by atoms with Gasteiger partial charge in [-0.3, -0.25) is 4.98 Å². The van der Waals surface area contributed by atoms with Gasteiger partial charge in [0.25, 0.3) is 0 Å². The molecule has 0 aliphatic carbocycles. The third kappa shape index (κ3) is 1.55. The van der Waals surface area contributed by atoms with Crippen LogP contribution < -0.4 is 0 Å². The van der Waals surface area contributed by atoms with E-state index in [4.69, 9.17) is 0 Å². The zero-order chi connectivity index (χ0) is 9.97. The molecule has 1 atom stereocenters. The third-order valence-corrected chi connectivity index (χ3v) is 2.79. The van der Waals surface area contributed by atoms with E-state index in [1.807, 2.05) is 30.3 Å². The van der Waals surface area contributed by atoms with Gasteiger partial charge in [-0.15, -0.1) is 0 Å². The van der Waals surface area contributed by atoms with Crippen LogP contribution in [0.15, 0.2) is 36.5 Å². The number of aromatic nitrogens is 1. The van der Waals surface area contributed by atoms with Crippen molar-refractivity contribution in [2.45, 2.75) is 4.83 Å². The van der Waals surface area contributed by atoms with Gasteiger partial charge in [-0.05, 0) is 11.6 Å². The van der Waals surface area contributed by atoms with Crippen molar-refractivity contribution in [1.29, 1.82) is 0 Å². The van der Waals surface area contributed by atoms with E-state index in [1.165, 1.54) is 0 Å². The minimum absolute atomic E-state index is 0.277. The Hall–Kier alpha value is -1.22. The second-order valence-corrected chi connectivity index (χ2v) is 3.95. The summed E-state index contributed by atoms with van der Waals surface area (Å²) in [4.78, 5) is 14.7. The number of hydrogen-bond donors (Lipinski definition) is 0. The molecule has 0 spiro atoms. The van der Waals surface area contributed by atoms with Crippen LogP contribution in [-0.4, -0.2) is 11.3 Å². The summed E-state index contributed by atoms with van der Waals surface area (Å²) in [5.74, 6) is 0. The fourth-order valence-electron chi connectivity index (χ4n) is 1.42. The maximum atomic E-state index is 10.7. The Morgan fingerprint density at radius 2 is 2.07 bits per heavy atom. The summed E-state index contributed by atoms with van der Waals surface area (Å²) >= 11 is 3.30. The summed E-state index contributed by atoms with van der Waals surface area (Å²) in [6, 6.07) is 9.68. The van der Waals surface area contributed by atoms with Crippen LogP contribution in [0.4, 0.5) is 0 Å². The molecule has 0 saturated heterocycles. The summed E-state index contributed by atoms with van der Waals surface area (Å²) in [5.41, 5.74) is 1.79. The van der Waals surface area contributed by atoms with Crippen LogP contribution in [0.2, 0.25) is 0 Å². The Balaban J connectivity index is 2.70. The first-order valence-corrected chi connectivity index (χ1v) is 5.17. The second kappa shape index (κ2) is 3.88. The first-order chi connectivity index (χ1) is 6.83. The number of fused-ring (bicyclic) bond motifs is 1. The Kier molecular flexibility index (Phi) is 2.59. The lowest BCUT2D eigenvalue weighted by Gasteiger charge is -2.05. The molecule has 0 aliphatic heterocycles. The Bertz CT molecular complexity index is 464. The van der Waals surface area contributed by atoms with Crippen LogP contribution in [0.25, 0.3) is 10.9 Å². The summed E-state index contributed by atoms with van der Waals surface area (Å²) < 4.78 is 0. The number of aldehydes is 1. The van der Waals surface area contributed by atoms with E-state index in [0.29, 0.717) is 0 Å². The predicted octanol–water partition coefficient (Wildman–Crippen LogP) is 2.87. The summed E-state index contributed by atoms with van der Waals surface area (Å²) in [6.45, 7) is 0. The van der Waals surface area contributed by atoms with Crippen LogP contribution in [0, 0.1) is 0 Å². The van der Waals surface area contributed by atoms with Crippen molar-refractivity contribution in [1.82, 2.24) is 4.98 Å². The van der Waals surface area contributed by atoms with Crippen LogP contribution in [-0.2, 0) is 4.79 Å². The molecule has 70 valence electrons. The van der Waals surface area contributed by atoms with Crippen molar-refractivity contribution in [3.05, 3.63) is 42.1 Å². The average Bonchev–Trinajstić information content (AvgIpc) is 2.27. The Labute approximate surface area is 90.1 Å². The van der Waals surface area contributed by atoms with E-state index in [-0.39, 0.29) is 4.83 Å². The van der Waals surface area contributed by atoms with Crippen molar-refractivity contribution in [3.8, 4) is 0 Å². The van der Waals surface area contributed by atoms with Gasteiger partial charge in [-0.2, -0.15) is 0 Å². The molecule has 1 aromatic heterocycles. The third-order valence-electron chi connectivity index (χ3n) is 2.08. The van der Waals surface area contributed by atoms with Gasteiger partial charge >= 0.3 is 0 Å². The molecular weight excluding hydrogens is 242 g/mol. The molecule has 0 N–H and O–H groups in total. The number of hydrogen-bond acceptors (Lipinski definition) is 2. The molecule has 0 amide bonds.